The van der Waals surface area contributed by atoms with Gasteiger partial charge in [-0.05, 0) is 46.5 Å². The van der Waals surface area contributed by atoms with Gasteiger partial charge >= 0.3 is 0 Å². The number of halogens is 1. The van der Waals surface area contributed by atoms with E-state index in [-0.39, 0.29) is 0 Å². The molecule has 3 nitrogen and oxygen atoms in total. The van der Waals surface area contributed by atoms with Crippen molar-refractivity contribution in [3.05, 3.63) is 40.1 Å². The van der Waals surface area contributed by atoms with Gasteiger partial charge in [0.2, 0.25) is 0 Å². The Bertz CT molecular complexity index is 389. The zero-order chi connectivity index (χ0) is 12.1. The van der Waals surface area contributed by atoms with Gasteiger partial charge in [0.15, 0.2) is 0 Å². The lowest BCUT2D eigenvalue weighted by Crippen LogP contribution is -2.35. The molecule has 1 saturated heterocycles. The lowest BCUT2D eigenvalue weighted by Gasteiger charge is -2.26. The monoisotopic (exact) mass is 344 g/mol. The Morgan fingerprint density at radius 3 is 2.82 bits per heavy atom. The highest BCUT2D eigenvalue weighted by Gasteiger charge is 2.11. The predicted molar refractivity (Wildman–Crippen MR) is 79.1 cm³/mol. The van der Waals surface area contributed by atoms with E-state index in [0.29, 0.717) is 0 Å². The summed E-state index contributed by atoms with van der Waals surface area (Å²) in [4.78, 5) is 2.43. The van der Waals surface area contributed by atoms with Gasteiger partial charge in [-0.2, -0.15) is 0 Å². The average Bonchev–Trinajstić information content (AvgIpc) is 2.34. The van der Waals surface area contributed by atoms with Crippen LogP contribution in [0, 0.1) is 3.57 Å². The highest BCUT2D eigenvalue weighted by molar-refractivity contribution is 14.1. The second kappa shape index (κ2) is 6.37. The first-order valence-electron chi connectivity index (χ1n) is 5.75. The van der Waals surface area contributed by atoms with Crippen LogP contribution in [-0.4, -0.2) is 31.2 Å². The summed E-state index contributed by atoms with van der Waals surface area (Å²) in [6.07, 6.45) is 1.71. The topological polar surface area (TPSA) is 24.5 Å². The van der Waals surface area contributed by atoms with E-state index < -0.39 is 0 Å². The molecule has 1 aliphatic heterocycles. The Kier molecular flexibility index (Phi) is 4.82. The molecule has 0 bridgehead atoms. The Balaban J connectivity index is 2.01. The molecule has 0 saturated carbocycles. The minimum atomic E-state index is 0.854. The average molecular weight is 344 g/mol. The van der Waals surface area contributed by atoms with Gasteiger partial charge in [0.25, 0.3) is 0 Å². The molecule has 0 amide bonds. The molecule has 1 aliphatic rings. The molecule has 0 aliphatic carbocycles. The highest BCUT2D eigenvalue weighted by atomic mass is 127. The number of hydrogen-bond acceptors (Lipinski definition) is 3. The molecular formula is C13H17IN2O. The van der Waals surface area contributed by atoms with E-state index in [1.54, 1.807) is 6.20 Å². The smallest absolute Gasteiger partial charge is 0.0594 e. The van der Waals surface area contributed by atoms with Gasteiger partial charge in [-0.25, -0.2) is 0 Å². The molecule has 17 heavy (non-hydrogen) atoms. The van der Waals surface area contributed by atoms with E-state index >= 15 is 0 Å². The minimum Gasteiger partial charge on any atom is -0.379 e. The van der Waals surface area contributed by atoms with Gasteiger partial charge in [0.1, 0.15) is 0 Å². The second-order valence-electron chi connectivity index (χ2n) is 4.05. The van der Waals surface area contributed by atoms with Crippen LogP contribution in [0.15, 0.2) is 31.0 Å². The van der Waals surface area contributed by atoms with Crippen LogP contribution < -0.4 is 5.32 Å². The zero-order valence-corrected chi connectivity index (χ0v) is 11.9. The quantitative estimate of drug-likeness (QED) is 0.850. The van der Waals surface area contributed by atoms with Gasteiger partial charge in [-0.3, -0.25) is 4.90 Å². The van der Waals surface area contributed by atoms with Crippen LogP contribution in [0.4, 0.5) is 5.69 Å². The third-order valence-corrected chi connectivity index (χ3v) is 3.69. The van der Waals surface area contributed by atoms with Gasteiger partial charge in [0, 0.05) is 23.2 Å². The molecule has 0 atom stereocenters. The minimum absolute atomic E-state index is 0.854. The maximum absolute atomic E-state index is 5.35. The van der Waals surface area contributed by atoms with Crippen molar-refractivity contribution in [3.63, 3.8) is 0 Å². The summed E-state index contributed by atoms with van der Waals surface area (Å²) < 4.78 is 6.58. The van der Waals surface area contributed by atoms with Crippen LogP contribution in [0.5, 0.6) is 0 Å². The number of ether oxygens (including phenoxy) is 1. The van der Waals surface area contributed by atoms with Crippen LogP contribution in [0.1, 0.15) is 5.56 Å². The molecule has 1 aromatic rings. The number of hydrogen-bond donors (Lipinski definition) is 1. The van der Waals surface area contributed by atoms with Crippen molar-refractivity contribution in [1.29, 1.82) is 0 Å². The highest BCUT2D eigenvalue weighted by Crippen LogP contribution is 2.20. The fourth-order valence-electron chi connectivity index (χ4n) is 1.90. The van der Waals surface area contributed by atoms with Crippen molar-refractivity contribution in [2.75, 3.05) is 31.6 Å². The lowest BCUT2D eigenvalue weighted by atomic mass is 10.2. The molecule has 4 heteroatoms. The maximum atomic E-state index is 5.35. The number of rotatable bonds is 4. The molecule has 1 aromatic carbocycles. The summed E-state index contributed by atoms with van der Waals surface area (Å²) in [6, 6.07) is 6.50. The fraction of sp³-hybridized carbons (Fsp3) is 0.385. The first-order chi connectivity index (χ1) is 8.29. The molecular weight excluding hydrogens is 327 g/mol. The fourth-order valence-corrected chi connectivity index (χ4v) is 2.64. The number of morpholine rings is 1. The summed E-state index contributed by atoms with van der Waals surface area (Å²) in [5.74, 6) is 0. The van der Waals surface area contributed by atoms with E-state index in [1.807, 2.05) is 0 Å². The van der Waals surface area contributed by atoms with E-state index in [4.69, 9.17) is 4.74 Å². The number of benzene rings is 1. The van der Waals surface area contributed by atoms with E-state index in [0.717, 1.165) is 38.5 Å². The summed E-state index contributed by atoms with van der Waals surface area (Å²) in [5.41, 5.74) is 2.47. The molecule has 1 N–H and O–H groups in total. The van der Waals surface area contributed by atoms with Crippen molar-refractivity contribution in [2.45, 2.75) is 6.54 Å². The lowest BCUT2D eigenvalue weighted by molar-refractivity contribution is 0.0342. The van der Waals surface area contributed by atoms with E-state index in [9.17, 15) is 0 Å². The SMILES string of the molecule is C=CNc1ccc(CN2CCOCC2)cc1I. The molecule has 1 heterocycles. The van der Waals surface area contributed by atoms with Crippen LogP contribution in [-0.2, 0) is 11.3 Å². The summed E-state index contributed by atoms with van der Waals surface area (Å²) >= 11 is 2.35. The summed E-state index contributed by atoms with van der Waals surface area (Å²) in [7, 11) is 0. The third-order valence-electron chi connectivity index (χ3n) is 2.80. The van der Waals surface area contributed by atoms with E-state index in [2.05, 4.69) is 57.6 Å². The number of nitrogens with one attached hydrogen (secondary N) is 1. The van der Waals surface area contributed by atoms with Crippen molar-refractivity contribution in [1.82, 2.24) is 4.90 Å². The maximum Gasteiger partial charge on any atom is 0.0594 e. The van der Waals surface area contributed by atoms with Crippen LogP contribution in [0.25, 0.3) is 0 Å². The molecule has 92 valence electrons. The number of nitrogens with zero attached hydrogens (tertiary/aromatic N) is 1. The first-order valence-corrected chi connectivity index (χ1v) is 6.83. The second-order valence-corrected chi connectivity index (χ2v) is 5.21. The van der Waals surface area contributed by atoms with Gasteiger partial charge in [-0.15, -0.1) is 0 Å². The normalized spacial score (nSPS) is 16.8. The van der Waals surface area contributed by atoms with Crippen molar-refractivity contribution < 1.29 is 4.74 Å². The van der Waals surface area contributed by atoms with E-state index in [1.165, 1.54) is 9.13 Å². The number of anilines is 1. The zero-order valence-electron chi connectivity index (χ0n) is 9.79. The van der Waals surface area contributed by atoms with Crippen LogP contribution in [0.3, 0.4) is 0 Å². The van der Waals surface area contributed by atoms with Crippen LogP contribution >= 0.6 is 22.6 Å². The summed E-state index contributed by atoms with van der Waals surface area (Å²) in [5, 5.41) is 3.13. The molecule has 1 fully saturated rings. The largest absolute Gasteiger partial charge is 0.379 e. The van der Waals surface area contributed by atoms with Gasteiger partial charge < -0.3 is 10.1 Å². The Labute approximate surface area is 116 Å². The third kappa shape index (κ3) is 3.69. The molecule has 0 radical (unpaired) electrons. The molecule has 0 unspecified atom stereocenters. The molecule has 0 aromatic heterocycles. The van der Waals surface area contributed by atoms with Crippen molar-refractivity contribution in [3.8, 4) is 0 Å². The van der Waals surface area contributed by atoms with Crippen LogP contribution in [0.2, 0.25) is 0 Å². The Hall–Kier alpha value is -0.590. The predicted octanol–water partition coefficient (Wildman–Crippen LogP) is 2.68. The standard InChI is InChI=1S/C13H17IN2O/c1-2-15-13-4-3-11(9-12(13)14)10-16-5-7-17-8-6-16/h2-4,9,15H,1,5-8,10H2. The first kappa shape index (κ1) is 12.9. The molecule has 0 spiro atoms. The Morgan fingerprint density at radius 2 is 2.18 bits per heavy atom. The Morgan fingerprint density at radius 1 is 1.41 bits per heavy atom. The molecule has 2 rings (SSSR count). The van der Waals surface area contributed by atoms with Crippen molar-refractivity contribution in [2.24, 2.45) is 0 Å². The van der Waals surface area contributed by atoms with Crippen molar-refractivity contribution >= 4 is 28.3 Å². The van der Waals surface area contributed by atoms with Gasteiger partial charge in [-0.1, -0.05) is 12.6 Å². The van der Waals surface area contributed by atoms with Gasteiger partial charge in [0.05, 0.1) is 18.9 Å². The summed E-state index contributed by atoms with van der Waals surface area (Å²) in [6.45, 7) is 8.45.